The van der Waals surface area contributed by atoms with Crippen LogP contribution in [0.2, 0.25) is 0 Å². The summed E-state index contributed by atoms with van der Waals surface area (Å²) in [6.07, 6.45) is 0. The average Bonchev–Trinajstić information content (AvgIpc) is 2.49. The minimum atomic E-state index is -0.999. The summed E-state index contributed by atoms with van der Waals surface area (Å²) in [5, 5.41) is 0. The molecule has 0 bridgehead atoms. The fourth-order valence-corrected chi connectivity index (χ4v) is 2.48. The van der Waals surface area contributed by atoms with Crippen LogP contribution in [0.1, 0.15) is 42.3 Å². The number of Topliss-reactive ketones (excluding diaryl/α,β-unsaturated/α-hetero) is 1. The molecule has 2 rings (SSSR count). The van der Waals surface area contributed by atoms with Crippen LogP contribution in [0.4, 0.5) is 8.78 Å². The lowest BCUT2D eigenvalue weighted by Gasteiger charge is -2.20. The van der Waals surface area contributed by atoms with Crippen LogP contribution >= 0.6 is 0 Å². The zero-order valence-electron chi connectivity index (χ0n) is 14.6. The van der Waals surface area contributed by atoms with Gasteiger partial charge >= 0.3 is 0 Å². The number of carbonyl (C=O) groups is 1. The predicted octanol–water partition coefficient (Wildman–Crippen LogP) is 4.58. The molecule has 0 atom stereocenters. The molecule has 2 aromatic rings. The Bertz CT molecular complexity index is 717. The molecule has 0 fully saturated rings. The number of likely N-dealkylation sites (N-methyl/N-ethyl adjacent to an activating group) is 1. The largest absolute Gasteiger partial charge is 0.295 e. The van der Waals surface area contributed by atoms with Crippen molar-refractivity contribution < 1.29 is 13.6 Å². The number of hydrogen-bond donors (Lipinski definition) is 0. The van der Waals surface area contributed by atoms with E-state index in [4.69, 9.17) is 0 Å². The number of hydrogen-bond acceptors (Lipinski definition) is 2. The first-order valence-corrected chi connectivity index (χ1v) is 7.93. The lowest BCUT2D eigenvalue weighted by molar-refractivity contribution is 0.0942. The smallest absolute Gasteiger partial charge is 0.176 e. The van der Waals surface area contributed by atoms with Crippen molar-refractivity contribution in [2.45, 2.75) is 32.7 Å². The molecule has 0 spiro atoms. The van der Waals surface area contributed by atoms with Gasteiger partial charge in [-0.15, -0.1) is 0 Å². The van der Waals surface area contributed by atoms with Gasteiger partial charge in [0.05, 0.1) is 6.54 Å². The van der Waals surface area contributed by atoms with E-state index in [1.807, 2.05) is 11.9 Å². The van der Waals surface area contributed by atoms with E-state index in [9.17, 15) is 13.6 Å². The number of halogens is 2. The van der Waals surface area contributed by atoms with Gasteiger partial charge in [-0.3, -0.25) is 9.69 Å². The quantitative estimate of drug-likeness (QED) is 0.748. The van der Waals surface area contributed by atoms with E-state index in [1.54, 1.807) is 0 Å². The molecule has 0 saturated heterocycles. The maximum Gasteiger partial charge on any atom is 0.176 e. The third-order valence-electron chi connectivity index (χ3n) is 3.93. The molecule has 2 aromatic carbocycles. The molecule has 128 valence electrons. The molecule has 0 aromatic heterocycles. The van der Waals surface area contributed by atoms with Crippen LogP contribution in [-0.2, 0) is 12.0 Å². The monoisotopic (exact) mass is 331 g/mol. The molecule has 0 aliphatic rings. The standard InChI is InChI=1S/C20H23F2NO/c1-20(2,3)16-8-5-14(6-9-16)12-23(4)13-19(24)15-7-10-17(21)18(22)11-15/h5-11H,12-13H2,1-4H3. The van der Waals surface area contributed by atoms with Crippen molar-refractivity contribution in [3.05, 3.63) is 70.8 Å². The SMILES string of the molecule is CN(CC(=O)c1ccc(F)c(F)c1)Cc1ccc(C(C)(C)C)cc1. The Morgan fingerprint density at radius 2 is 1.62 bits per heavy atom. The highest BCUT2D eigenvalue weighted by atomic mass is 19.2. The second-order valence-corrected chi connectivity index (χ2v) is 7.17. The van der Waals surface area contributed by atoms with E-state index in [2.05, 4.69) is 45.0 Å². The Kier molecular flexibility index (Phi) is 5.50. The molecule has 2 nitrogen and oxygen atoms in total. The van der Waals surface area contributed by atoms with Crippen LogP contribution in [0.5, 0.6) is 0 Å². The molecule has 0 amide bonds. The Labute approximate surface area is 142 Å². The topological polar surface area (TPSA) is 20.3 Å². The summed E-state index contributed by atoms with van der Waals surface area (Å²) in [6, 6.07) is 11.5. The summed E-state index contributed by atoms with van der Waals surface area (Å²) in [5.74, 6) is -2.18. The van der Waals surface area contributed by atoms with Crippen LogP contribution in [0.3, 0.4) is 0 Å². The van der Waals surface area contributed by atoms with E-state index >= 15 is 0 Å². The van der Waals surface area contributed by atoms with Crippen molar-refractivity contribution in [1.82, 2.24) is 4.90 Å². The van der Waals surface area contributed by atoms with Crippen molar-refractivity contribution in [3.63, 3.8) is 0 Å². The van der Waals surface area contributed by atoms with E-state index in [1.165, 1.54) is 11.6 Å². The van der Waals surface area contributed by atoms with Gasteiger partial charge in [0.2, 0.25) is 0 Å². The highest BCUT2D eigenvalue weighted by molar-refractivity contribution is 5.97. The van der Waals surface area contributed by atoms with Crippen molar-refractivity contribution in [1.29, 1.82) is 0 Å². The van der Waals surface area contributed by atoms with Gasteiger partial charge in [-0.2, -0.15) is 0 Å². The molecule has 0 N–H and O–H groups in total. The molecule has 0 radical (unpaired) electrons. The summed E-state index contributed by atoms with van der Waals surface area (Å²) < 4.78 is 26.1. The molecule has 4 heteroatoms. The van der Waals surface area contributed by atoms with Gasteiger partial charge in [-0.05, 0) is 41.8 Å². The lowest BCUT2D eigenvalue weighted by Crippen LogP contribution is -2.25. The average molecular weight is 331 g/mol. The second-order valence-electron chi connectivity index (χ2n) is 7.17. The van der Waals surface area contributed by atoms with Crippen LogP contribution in [-0.4, -0.2) is 24.3 Å². The number of benzene rings is 2. The Hall–Kier alpha value is -2.07. The minimum Gasteiger partial charge on any atom is -0.295 e. The normalized spacial score (nSPS) is 11.8. The maximum absolute atomic E-state index is 13.2. The third-order valence-corrected chi connectivity index (χ3v) is 3.93. The Balaban J connectivity index is 1.98. The van der Waals surface area contributed by atoms with E-state index in [0.717, 1.165) is 17.7 Å². The second kappa shape index (κ2) is 7.22. The Morgan fingerprint density at radius 1 is 1.00 bits per heavy atom. The molecule has 24 heavy (non-hydrogen) atoms. The van der Waals surface area contributed by atoms with Crippen LogP contribution < -0.4 is 0 Å². The highest BCUT2D eigenvalue weighted by Gasteiger charge is 2.14. The van der Waals surface area contributed by atoms with Gasteiger partial charge in [0.15, 0.2) is 17.4 Å². The fraction of sp³-hybridized carbons (Fsp3) is 0.350. The molecule has 0 heterocycles. The number of rotatable bonds is 5. The van der Waals surface area contributed by atoms with Crippen LogP contribution in [0.15, 0.2) is 42.5 Å². The summed E-state index contributed by atoms with van der Waals surface area (Å²) >= 11 is 0. The number of nitrogens with zero attached hydrogens (tertiary/aromatic N) is 1. The summed E-state index contributed by atoms with van der Waals surface area (Å²) in [5.41, 5.74) is 2.65. The fourth-order valence-electron chi connectivity index (χ4n) is 2.48. The van der Waals surface area contributed by atoms with Gasteiger partial charge < -0.3 is 0 Å². The molecule has 0 aliphatic carbocycles. The first kappa shape index (κ1) is 18.3. The van der Waals surface area contributed by atoms with Crippen molar-refractivity contribution in [3.8, 4) is 0 Å². The van der Waals surface area contributed by atoms with Gasteiger partial charge in [-0.25, -0.2) is 8.78 Å². The minimum absolute atomic E-state index is 0.104. The van der Waals surface area contributed by atoms with E-state index < -0.39 is 11.6 Å². The molecule has 0 aliphatic heterocycles. The Morgan fingerprint density at radius 3 is 2.17 bits per heavy atom. The molecule has 0 unspecified atom stereocenters. The van der Waals surface area contributed by atoms with E-state index in [0.29, 0.717) is 6.54 Å². The first-order chi connectivity index (χ1) is 11.2. The van der Waals surface area contributed by atoms with E-state index in [-0.39, 0.29) is 23.3 Å². The van der Waals surface area contributed by atoms with Gasteiger partial charge in [0.1, 0.15) is 0 Å². The molecular weight excluding hydrogens is 308 g/mol. The lowest BCUT2D eigenvalue weighted by atomic mass is 9.87. The third kappa shape index (κ3) is 4.71. The molecular formula is C20H23F2NO. The highest BCUT2D eigenvalue weighted by Crippen LogP contribution is 2.22. The van der Waals surface area contributed by atoms with Gasteiger partial charge in [0, 0.05) is 12.1 Å². The van der Waals surface area contributed by atoms with Crippen LogP contribution in [0.25, 0.3) is 0 Å². The predicted molar refractivity (Wildman–Crippen MR) is 92.2 cm³/mol. The van der Waals surface area contributed by atoms with Crippen molar-refractivity contribution in [2.24, 2.45) is 0 Å². The zero-order chi connectivity index (χ0) is 17.9. The van der Waals surface area contributed by atoms with Gasteiger partial charge in [0.25, 0.3) is 0 Å². The van der Waals surface area contributed by atoms with Crippen molar-refractivity contribution >= 4 is 5.78 Å². The summed E-state index contributed by atoms with van der Waals surface area (Å²) in [6.45, 7) is 7.24. The number of carbonyl (C=O) groups excluding carboxylic acids is 1. The van der Waals surface area contributed by atoms with Crippen molar-refractivity contribution in [2.75, 3.05) is 13.6 Å². The summed E-state index contributed by atoms with van der Waals surface area (Å²) in [4.78, 5) is 14.0. The summed E-state index contributed by atoms with van der Waals surface area (Å²) in [7, 11) is 1.83. The molecule has 0 saturated carbocycles. The van der Waals surface area contributed by atoms with Crippen LogP contribution in [0, 0.1) is 11.6 Å². The number of ketones is 1. The maximum atomic E-state index is 13.2. The zero-order valence-corrected chi connectivity index (χ0v) is 14.6. The first-order valence-electron chi connectivity index (χ1n) is 7.93. The van der Waals surface area contributed by atoms with Gasteiger partial charge in [-0.1, -0.05) is 45.0 Å².